The summed E-state index contributed by atoms with van der Waals surface area (Å²) in [5.41, 5.74) is 6.17. The zero-order chi connectivity index (χ0) is 13.0. The molecular weight excluding hydrogens is 246 g/mol. The molecule has 3 nitrogen and oxygen atoms in total. The van der Waals surface area contributed by atoms with Crippen LogP contribution in [0.5, 0.6) is 0 Å². The van der Waals surface area contributed by atoms with Crippen molar-refractivity contribution in [3.05, 3.63) is 64.4 Å². The maximum Gasteiger partial charge on any atom is 0.0672 e. The summed E-state index contributed by atoms with van der Waals surface area (Å²) in [6.07, 6.45) is 2.43. The van der Waals surface area contributed by atoms with Gasteiger partial charge in [-0.1, -0.05) is 41.4 Å². The monoisotopic (exact) mass is 261 g/mol. The van der Waals surface area contributed by atoms with Gasteiger partial charge in [-0.15, -0.1) is 0 Å². The van der Waals surface area contributed by atoms with E-state index in [0.717, 1.165) is 12.1 Å². The van der Waals surface area contributed by atoms with Gasteiger partial charge in [-0.25, -0.2) is 0 Å². The first-order chi connectivity index (χ1) is 8.69. The van der Waals surface area contributed by atoms with Crippen molar-refractivity contribution in [1.82, 2.24) is 10.4 Å². The lowest BCUT2D eigenvalue weighted by atomic mass is 10.0. The smallest absolute Gasteiger partial charge is 0.0672 e. The van der Waals surface area contributed by atoms with Crippen LogP contribution >= 0.6 is 11.6 Å². The van der Waals surface area contributed by atoms with Crippen molar-refractivity contribution < 1.29 is 0 Å². The molecule has 4 heteroatoms. The third kappa shape index (κ3) is 3.29. The van der Waals surface area contributed by atoms with Gasteiger partial charge in [0.25, 0.3) is 0 Å². The molecule has 3 N–H and O–H groups in total. The number of hydrogen-bond donors (Lipinski definition) is 2. The van der Waals surface area contributed by atoms with Crippen LogP contribution in [0.1, 0.15) is 22.9 Å². The first-order valence-corrected chi connectivity index (χ1v) is 6.20. The van der Waals surface area contributed by atoms with Crippen LogP contribution in [0, 0.1) is 6.92 Å². The number of aromatic nitrogens is 1. The molecule has 2 aromatic rings. The predicted octanol–water partition coefficient (Wildman–Crippen LogP) is 2.79. The van der Waals surface area contributed by atoms with Gasteiger partial charge in [0.15, 0.2) is 0 Å². The number of benzene rings is 1. The second-order valence-electron chi connectivity index (χ2n) is 4.31. The van der Waals surface area contributed by atoms with Gasteiger partial charge in [-0.2, -0.15) is 0 Å². The Morgan fingerprint density at radius 3 is 2.78 bits per heavy atom. The first-order valence-electron chi connectivity index (χ1n) is 5.82. The lowest BCUT2D eigenvalue weighted by molar-refractivity contribution is 0.538. The molecule has 0 aliphatic carbocycles. The molecular formula is C14H16ClN3. The summed E-state index contributed by atoms with van der Waals surface area (Å²) >= 11 is 5.83. The van der Waals surface area contributed by atoms with Crippen molar-refractivity contribution in [3.63, 3.8) is 0 Å². The first kappa shape index (κ1) is 13.0. The van der Waals surface area contributed by atoms with Crippen LogP contribution in [-0.2, 0) is 6.42 Å². The van der Waals surface area contributed by atoms with Crippen molar-refractivity contribution in [2.75, 3.05) is 0 Å². The quantitative estimate of drug-likeness (QED) is 0.657. The van der Waals surface area contributed by atoms with Crippen molar-refractivity contribution >= 4 is 11.6 Å². The summed E-state index contributed by atoms with van der Waals surface area (Å²) < 4.78 is 0. The number of hydrogen-bond acceptors (Lipinski definition) is 3. The summed E-state index contributed by atoms with van der Waals surface area (Å²) in [5.74, 6) is 5.61. The molecule has 18 heavy (non-hydrogen) atoms. The minimum absolute atomic E-state index is 0.0101. The zero-order valence-electron chi connectivity index (χ0n) is 10.2. The Morgan fingerprint density at radius 1 is 1.33 bits per heavy atom. The molecule has 1 aromatic carbocycles. The van der Waals surface area contributed by atoms with E-state index in [9.17, 15) is 0 Å². The van der Waals surface area contributed by atoms with Gasteiger partial charge in [0.05, 0.1) is 16.8 Å². The lowest BCUT2D eigenvalue weighted by Crippen LogP contribution is -2.30. The molecule has 0 amide bonds. The number of nitrogens with zero attached hydrogens (tertiary/aromatic N) is 1. The molecule has 1 atom stereocenters. The topological polar surface area (TPSA) is 50.9 Å². The van der Waals surface area contributed by atoms with Crippen LogP contribution in [-0.4, -0.2) is 4.98 Å². The number of nitrogens with one attached hydrogen (secondary N) is 1. The molecule has 0 aliphatic heterocycles. The summed E-state index contributed by atoms with van der Waals surface area (Å²) in [6, 6.07) is 12.1. The summed E-state index contributed by atoms with van der Waals surface area (Å²) in [5, 5.41) is 0.630. The van der Waals surface area contributed by atoms with Crippen LogP contribution in [0.25, 0.3) is 0 Å². The number of nitrogens with two attached hydrogens (primary N) is 1. The van der Waals surface area contributed by atoms with E-state index >= 15 is 0 Å². The summed E-state index contributed by atoms with van der Waals surface area (Å²) in [4.78, 5) is 4.29. The highest BCUT2D eigenvalue weighted by Gasteiger charge is 2.11. The van der Waals surface area contributed by atoms with Crippen molar-refractivity contribution in [2.45, 2.75) is 19.4 Å². The molecule has 0 saturated carbocycles. The van der Waals surface area contributed by atoms with E-state index in [-0.39, 0.29) is 6.04 Å². The van der Waals surface area contributed by atoms with Gasteiger partial charge in [-0.05, 0) is 31.0 Å². The molecule has 0 saturated heterocycles. The molecule has 0 radical (unpaired) electrons. The molecule has 0 bridgehead atoms. The van der Waals surface area contributed by atoms with Crippen molar-refractivity contribution in [2.24, 2.45) is 5.84 Å². The third-order valence-corrected chi connectivity index (χ3v) is 3.05. The lowest BCUT2D eigenvalue weighted by Gasteiger charge is -2.15. The highest BCUT2D eigenvalue weighted by atomic mass is 35.5. The number of halogens is 1. The van der Waals surface area contributed by atoms with Crippen molar-refractivity contribution in [3.8, 4) is 0 Å². The zero-order valence-corrected chi connectivity index (χ0v) is 11.0. The van der Waals surface area contributed by atoms with Gasteiger partial charge in [0.2, 0.25) is 0 Å². The van der Waals surface area contributed by atoms with Gasteiger partial charge < -0.3 is 0 Å². The fourth-order valence-electron chi connectivity index (χ4n) is 1.92. The second-order valence-corrected chi connectivity index (χ2v) is 4.75. The maximum atomic E-state index is 5.83. The number of pyridine rings is 1. The molecule has 94 valence electrons. The standard InChI is InChI=1S/C14H16ClN3/c1-10-3-2-4-11(7-10)8-14(18-16)13-6-5-12(15)9-17-13/h2-7,9,14,18H,8,16H2,1H3. The minimum Gasteiger partial charge on any atom is -0.271 e. The van der Waals surface area contributed by atoms with E-state index in [4.69, 9.17) is 17.4 Å². The van der Waals surface area contributed by atoms with Crippen LogP contribution in [0.2, 0.25) is 5.02 Å². The van der Waals surface area contributed by atoms with Gasteiger partial charge in [-0.3, -0.25) is 16.3 Å². The Kier molecular flexibility index (Phi) is 4.31. The Labute approximate surface area is 112 Å². The fraction of sp³-hybridized carbons (Fsp3) is 0.214. The SMILES string of the molecule is Cc1cccc(CC(NN)c2ccc(Cl)cn2)c1. The van der Waals surface area contributed by atoms with E-state index in [2.05, 4.69) is 35.5 Å². The number of hydrazine groups is 1. The second kappa shape index (κ2) is 5.96. The summed E-state index contributed by atoms with van der Waals surface area (Å²) in [7, 11) is 0. The minimum atomic E-state index is -0.0101. The molecule has 2 rings (SSSR count). The average molecular weight is 262 g/mol. The maximum absolute atomic E-state index is 5.83. The molecule has 1 aromatic heterocycles. The van der Waals surface area contributed by atoms with E-state index in [1.54, 1.807) is 6.20 Å². The average Bonchev–Trinajstić information content (AvgIpc) is 2.37. The van der Waals surface area contributed by atoms with Crippen molar-refractivity contribution in [1.29, 1.82) is 0 Å². The van der Waals surface area contributed by atoms with Crippen LogP contribution in [0.4, 0.5) is 0 Å². The Bertz CT molecular complexity index is 511. The Morgan fingerprint density at radius 2 is 2.17 bits per heavy atom. The van der Waals surface area contributed by atoms with Gasteiger partial charge >= 0.3 is 0 Å². The van der Waals surface area contributed by atoms with E-state index in [1.807, 2.05) is 18.2 Å². The molecule has 0 aliphatic rings. The third-order valence-electron chi connectivity index (χ3n) is 2.83. The normalized spacial score (nSPS) is 12.4. The van der Waals surface area contributed by atoms with Gasteiger partial charge in [0, 0.05) is 6.20 Å². The van der Waals surface area contributed by atoms with Gasteiger partial charge in [0.1, 0.15) is 0 Å². The van der Waals surface area contributed by atoms with E-state index in [1.165, 1.54) is 11.1 Å². The van der Waals surface area contributed by atoms with E-state index < -0.39 is 0 Å². The Balaban J connectivity index is 2.17. The summed E-state index contributed by atoms with van der Waals surface area (Å²) in [6.45, 7) is 2.08. The van der Waals surface area contributed by atoms with Crippen LogP contribution < -0.4 is 11.3 Å². The van der Waals surface area contributed by atoms with E-state index in [0.29, 0.717) is 5.02 Å². The highest BCUT2D eigenvalue weighted by Crippen LogP contribution is 2.18. The fourth-order valence-corrected chi connectivity index (χ4v) is 2.03. The Hall–Kier alpha value is -1.42. The van der Waals surface area contributed by atoms with Crippen LogP contribution in [0.15, 0.2) is 42.6 Å². The predicted molar refractivity (Wildman–Crippen MR) is 74.2 cm³/mol. The molecule has 0 spiro atoms. The molecule has 1 heterocycles. The number of aryl methyl sites for hydroxylation is 1. The molecule has 1 unspecified atom stereocenters. The van der Waals surface area contributed by atoms with Crippen LogP contribution in [0.3, 0.4) is 0 Å². The largest absolute Gasteiger partial charge is 0.271 e. The number of rotatable bonds is 4. The highest BCUT2D eigenvalue weighted by molar-refractivity contribution is 6.30. The molecule has 0 fully saturated rings.